The quantitative estimate of drug-likeness (QED) is 0.518. The first-order chi connectivity index (χ1) is 12.7. The standard InChI is InChI=1S/C18H23ClN2O5S/c1-11-4-3-5-13(11)20-17(23)21-14-7-6-12(19)16(15(14)22)27(24,25)18(2)8-9-26-10-18/h4,6-7,13,22H,3,5,8-10H2,1-2H3,(H2,20,21,23)/t13-,18-/m0/s1. The van der Waals surface area contributed by atoms with E-state index in [2.05, 4.69) is 16.7 Å². The maximum atomic E-state index is 13.1. The summed E-state index contributed by atoms with van der Waals surface area (Å²) >= 11 is 6.10. The molecule has 1 aliphatic carbocycles. The third-order valence-corrected chi connectivity index (χ3v) is 8.21. The molecule has 1 heterocycles. The summed E-state index contributed by atoms with van der Waals surface area (Å²) in [5, 5.41) is 15.8. The van der Waals surface area contributed by atoms with Crippen LogP contribution in [0.1, 0.15) is 33.1 Å². The van der Waals surface area contributed by atoms with E-state index < -0.39 is 26.4 Å². The van der Waals surface area contributed by atoms with E-state index in [-0.39, 0.29) is 28.3 Å². The summed E-state index contributed by atoms with van der Waals surface area (Å²) in [7, 11) is -3.98. The number of phenols is 1. The van der Waals surface area contributed by atoms with Gasteiger partial charge in [-0.1, -0.05) is 23.3 Å². The van der Waals surface area contributed by atoms with Crippen LogP contribution in [0.4, 0.5) is 10.5 Å². The van der Waals surface area contributed by atoms with Crippen molar-refractivity contribution in [3.05, 3.63) is 28.8 Å². The Morgan fingerprint density at radius 3 is 2.74 bits per heavy atom. The fourth-order valence-corrected chi connectivity index (χ4v) is 5.59. The molecule has 9 heteroatoms. The molecule has 0 radical (unpaired) electrons. The van der Waals surface area contributed by atoms with Crippen LogP contribution in [-0.2, 0) is 14.6 Å². The van der Waals surface area contributed by atoms with Crippen molar-refractivity contribution in [3.63, 3.8) is 0 Å². The summed E-state index contributed by atoms with van der Waals surface area (Å²) in [6, 6.07) is 2.13. The predicted molar refractivity (Wildman–Crippen MR) is 103 cm³/mol. The number of hydrogen-bond donors (Lipinski definition) is 3. The molecule has 0 bridgehead atoms. The number of anilines is 1. The monoisotopic (exact) mass is 414 g/mol. The minimum absolute atomic E-state index is 0.0161. The summed E-state index contributed by atoms with van der Waals surface area (Å²) in [5.74, 6) is -0.565. The van der Waals surface area contributed by atoms with E-state index in [4.69, 9.17) is 16.3 Å². The van der Waals surface area contributed by atoms with Crippen LogP contribution >= 0.6 is 11.6 Å². The van der Waals surface area contributed by atoms with E-state index in [1.807, 2.05) is 6.92 Å². The lowest BCUT2D eigenvalue weighted by Gasteiger charge is -2.24. The van der Waals surface area contributed by atoms with Gasteiger partial charge in [-0.25, -0.2) is 13.2 Å². The number of amides is 2. The number of urea groups is 1. The number of allylic oxidation sites excluding steroid dienone is 1. The highest BCUT2D eigenvalue weighted by atomic mass is 35.5. The Bertz CT molecular complexity index is 891. The van der Waals surface area contributed by atoms with E-state index in [1.54, 1.807) is 6.92 Å². The zero-order chi connectivity index (χ0) is 19.8. The summed E-state index contributed by atoms with van der Waals surface area (Å²) in [4.78, 5) is 11.9. The van der Waals surface area contributed by atoms with Gasteiger partial charge in [0.05, 0.1) is 28.1 Å². The third kappa shape index (κ3) is 3.66. The van der Waals surface area contributed by atoms with Crippen molar-refractivity contribution in [1.29, 1.82) is 0 Å². The molecule has 1 aliphatic heterocycles. The van der Waals surface area contributed by atoms with E-state index in [1.165, 1.54) is 12.1 Å². The maximum Gasteiger partial charge on any atom is 0.319 e. The van der Waals surface area contributed by atoms with E-state index in [0.717, 1.165) is 18.4 Å². The summed E-state index contributed by atoms with van der Waals surface area (Å²) < 4.78 is 30.3. The molecule has 3 rings (SSSR count). The topological polar surface area (TPSA) is 105 Å². The van der Waals surface area contributed by atoms with Crippen molar-refractivity contribution in [2.75, 3.05) is 18.5 Å². The average Bonchev–Trinajstić information content (AvgIpc) is 3.20. The number of carbonyl (C=O) groups excluding carboxylic acids is 1. The Morgan fingerprint density at radius 1 is 1.41 bits per heavy atom. The summed E-state index contributed by atoms with van der Waals surface area (Å²) in [6.07, 6.45) is 4.06. The number of sulfone groups is 1. The molecule has 0 aromatic heterocycles. The average molecular weight is 415 g/mol. The molecule has 1 fully saturated rings. The van der Waals surface area contributed by atoms with Crippen molar-refractivity contribution in [2.24, 2.45) is 0 Å². The first-order valence-corrected chi connectivity index (χ1v) is 10.6. The number of carbonyl (C=O) groups is 1. The van der Waals surface area contributed by atoms with Crippen LogP contribution in [0, 0.1) is 0 Å². The van der Waals surface area contributed by atoms with Gasteiger partial charge in [-0.3, -0.25) is 0 Å². The molecule has 0 saturated carbocycles. The lowest BCUT2D eigenvalue weighted by Crippen LogP contribution is -2.37. The first kappa shape index (κ1) is 20.0. The highest BCUT2D eigenvalue weighted by Crippen LogP contribution is 2.43. The SMILES string of the molecule is CC1=CCC[C@@H]1NC(=O)Nc1ccc(Cl)c(S(=O)(=O)[C@@]2(C)CCOC2)c1O. The second-order valence-corrected chi connectivity index (χ2v) is 10.0. The van der Waals surface area contributed by atoms with Gasteiger partial charge in [-0.05, 0) is 45.2 Å². The van der Waals surface area contributed by atoms with Crippen molar-refractivity contribution in [2.45, 2.75) is 48.8 Å². The van der Waals surface area contributed by atoms with Crippen LogP contribution < -0.4 is 10.6 Å². The van der Waals surface area contributed by atoms with Gasteiger partial charge < -0.3 is 20.5 Å². The number of benzene rings is 1. The Hall–Kier alpha value is -1.77. The molecule has 0 unspecified atom stereocenters. The molecule has 1 aromatic carbocycles. The second kappa shape index (κ2) is 7.33. The number of halogens is 1. The molecule has 148 valence electrons. The number of aromatic hydroxyl groups is 1. The Labute approximate surface area is 163 Å². The largest absolute Gasteiger partial charge is 0.504 e. The van der Waals surface area contributed by atoms with E-state index in [9.17, 15) is 18.3 Å². The van der Waals surface area contributed by atoms with E-state index in [0.29, 0.717) is 13.0 Å². The fraction of sp³-hybridized carbons (Fsp3) is 0.500. The van der Waals surface area contributed by atoms with Crippen LogP contribution in [0.2, 0.25) is 5.02 Å². The highest BCUT2D eigenvalue weighted by Gasteiger charge is 2.46. The lowest BCUT2D eigenvalue weighted by molar-refractivity contribution is 0.191. The van der Waals surface area contributed by atoms with Gasteiger partial charge in [0.15, 0.2) is 15.6 Å². The minimum atomic E-state index is -3.98. The van der Waals surface area contributed by atoms with Crippen molar-refractivity contribution in [3.8, 4) is 5.75 Å². The molecule has 2 amide bonds. The van der Waals surface area contributed by atoms with Gasteiger partial charge in [0.2, 0.25) is 0 Å². The lowest BCUT2D eigenvalue weighted by atomic mass is 10.1. The van der Waals surface area contributed by atoms with Gasteiger partial charge >= 0.3 is 6.03 Å². The predicted octanol–water partition coefficient (Wildman–Crippen LogP) is 3.23. The second-order valence-electron chi connectivity index (χ2n) is 7.21. The fourth-order valence-electron chi connectivity index (χ4n) is 3.36. The molecule has 0 spiro atoms. The Morgan fingerprint density at radius 2 is 2.15 bits per heavy atom. The highest BCUT2D eigenvalue weighted by molar-refractivity contribution is 7.93. The zero-order valence-corrected chi connectivity index (χ0v) is 16.8. The molecule has 1 saturated heterocycles. The Kier molecular flexibility index (Phi) is 5.42. The van der Waals surface area contributed by atoms with Crippen LogP contribution in [0.25, 0.3) is 0 Å². The molecule has 3 N–H and O–H groups in total. The number of hydrogen-bond acceptors (Lipinski definition) is 5. The maximum absolute atomic E-state index is 13.1. The molecule has 2 aliphatic rings. The number of rotatable bonds is 4. The van der Waals surface area contributed by atoms with Crippen molar-refractivity contribution in [1.82, 2.24) is 5.32 Å². The van der Waals surface area contributed by atoms with Crippen molar-refractivity contribution >= 4 is 33.2 Å². The molecule has 2 atom stereocenters. The van der Waals surface area contributed by atoms with Crippen LogP contribution in [-0.4, -0.2) is 43.6 Å². The summed E-state index contributed by atoms with van der Waals surface area (Å²) in [6.45, 7) is 3.85. The van der Waals surface area contributed by atoms with Crippen LogP contribution in [0.3, 0.4) is 0 Å². The van der Waals surface area contributed by atoms with Gasteiger partial charge in [0.25, 0.3) is 0 Å². The van der Waals surface area contributed by atoms with E-state index >= 15 is 0 Å². The molecule has 7 nitrogen and oxygen atoms in total. The zero-order valence-electron chi connectivity index (χ0n) is 15.2. The van der Waals surface area contributed by atoms with Gasteiger partial charge in [-0.2, -0.15) is 0 Å². The van der Waals surface area contributed by atoms with Crippen molar-refractivity contribution < 1.29 is 23.1 Å². The molecule has 27 heavy (non-hydrogen) atoms. The van der Waals surface area contributed by atoms with Crippen LogP contribution in [0.5, 0.6) is 5.75 Å². The number of ether oxygens (including phenoxy) is 1. The normalized spacial score (nSPS) is 25.3. The molecular formula is C18H23ClN2O5S. The molecular weight excluding hydrogens is 392 g/mol. The van der Waals surface area contributed by atoms with Gasteiger partial charge in [0.1, 0.15) is 4.90 Å². The van der Waals surface area contributed by atoms with Crippen LogP contribution in [0.15, 0.2) is 28.7 Å². The smallest absolute Gasteiger partial charge is 0.319 e. The minimum Gasteiger partial charge on any atom is -0.504 e. The molecule has 1 aromatic rings. The third-order valence-electron chi connectivity index (χ3n) is 5.21. The summed E-state index contributed by atoms with van der Waals surface area (Å²) in [5.41, 5.74) is 1.06. The van der Waals surface area contributed by atoms with Gasteiger partial charge in [0, 0.05) is 6.61 Å². The number of phenolic OH excluding ortho intramolecular Hbond substituents is 1. The van der Waals surface area contributed by atoms with Gasteiger partial charge in [-0.15, -0.1) is 0 Å². The number of nitrogens with one attached hydrogen (secondary N) is 2. The Balaban J connectivity index is 1.87. The first-order valence-electron chi connectivity index (χ1n) is 8.74.